The summed E-state index contributed by atoms with van der Waals surface area (Å²) < 4.78 is 26.6. The fraction of sp³-hybridized carbons (Fsp3) is 0.421. The van der Waals surface area contributed by atoms with E-state index < -0.39 is 10.0 Å². The van der Waals surface area contributed by atoms with Crippen molar-refractivity contribution in [3.8, 4) is 0 Å². The fourth-order valence-corrected chi connectivity index (χ4v) is 4.76. The first kappa shape index (κ1) is 18.1. The minimum Gasteiger partial charge on any atom is -0.346 e. The predicted molar refractivity (Wildman–Crippen MR) is 99.6 cm³/mol. The van der Waals surface area contributed by atoms with E-state index in [-0.39, 0.29) is 10.8 Å². The van der Waals surface area contributed by atoms with Crippen molar-refractivity contribution >= 4 is 15.9 Å². The van der Waals surface area contributed by atoms with Crippen molar-refractivity contribution < 1.29 is 13.2 Å². The Labute approximate surface area is 158 Å². The quantitative estimate of drug-likeness (QED) is 0.820. The lowest BCUT2D eigenvalue weighted by molar-refractivity contribution is 0.0950. The van der Waals surface area contributed by atoms with E-state index in [0.29, 0.717) is 31.1 Å². The standard InChI is InChI=1S/C19H22N4O3S/c24-19(20-12-16-11-18(14-3-4-14)22-13-21-16)15-5-7-17(8-6-15)27(25,26)23-9-1-2-10-23/h5-8,11,13-14H,1-4,9-10,12H2,(H,20,24). The molecule has 1 aromatic heterocycles. The molecule has 0 spiro atoms. The van der Waals surface area contributed by atoms with Gasteiger partial charge in [-0.2, -0.15) is 4.31 Å². The van der Waals surface area contributed by atoms with Crippen molar-refractivity contribution in [2.45, 2.75) is 43.0 Å². The van der Waals surface area contributed by atoms with E-state index in [4.69, 9.17) is 0 Å². The first-order chi connectivity index (χ1) is 13.0. The number of nitrogens with zero attached hydrogens (tertiary/aromatic N) is 3. The molecule has 0 bridgehead atoms. The lowest BCUT2D eigenvalue weighted by Gasteiger charge is -2.15. The van der Waals surface area contributed by atoms with Crippen LogP contribution in [-0.2, 0) is 16.6 Å². The molecule has 1 aliphatic heterocycles. The van der Waals surface area contributed by atoms with Crippen LogP contribution in [0.1, 0.15) is 53.3 Å². The van der Waals surface area contributed by atoms with Gasteiger partial charge in [-0.3, -0.25) is 4.79 Å². The van der Waals surface area contributed by atoms with Crippen LogP contribution in [0.3, 0.4) is 0 Å². The molecular formula is C19H22N4O3S. The molecule has 142 valence electrons. The van der Waals surface area contributed by atoms with Crippen LogP contribution in [-0.4, -0.2) is 41.7 Å². The summed E-state index contributed by atoms with van der Waals surface area (Å²) in [6.07, 6.45) is 5.65. The lowest BCUT2D eigenvalue weighted by atomic mass is 10.2. The van der Waals surface area contributed by atoms with E-state index in [2.05, 4.69) is 15.3 Å². The number of aromatic nitrogens is 2. The van der Waals surface area contributed by atoms with Crippen LogP contribution in [0.2, 0.25) is 0 Å². The molecule has 1 amide bonds. The summed E-state index contributed by atoms with van der Waals surface area (Å²) in [7, 11) is -3.46. The van der Waals surface area contributed by atoms with Crippen molar-refractivity contribution in [3.05, 3.63) is 53.6 Å². The maximum Gasteiger partial charge on any atom is 0.251 e. The lowest BCUT2D eigenvalue weighted by Crippen LogP contribution is -2.28. The van der Waals surface area contributed by atoms with Crippen molar-refractivity contribution in [1.29, 1.82) is 0 Å². The van der Waals surface area contributed by atoms with Crippen molar-refractivity contribution in [1.82, 2.24) is 19.6 Å². The van der Waals surface area contributed by atoms with E-state index in [0.717, 1.165) is 37.1 Å². The summed E-state index contributed by atoms with van der Waals surface area (Å²) in [5.74, 6) is 0.277. The number of benzene rings is 1. The second-order valence-corrected chi connectivity index (χ2v) is 8.96. The third kappa shape index (κ3) is 4.01. The Morgan fingerprint density at radius 3 is 2.48 bits per heavy atom. The molecule has 2 fully saturated rings. The van der Waals surface area contributed by atoms with Gasteiger partial charge in [-0.25, -0.2) is 18.4 Å². The van der Waals surface area contributed by atoms with Crippen LogP contribution in [0.5, 0.6) is 0 Å². The van der Waals surface area contributed by atoms with E-state index in [1.165, 1.54) is 22.8 Å². The number of hydrogen-bond donors (Lipinski definition) is 1. The number of hydrogen-bond acceptors (Lipinski definition) is 5. The van der Waals surface area contributed by atoms with Crippen molar-refractivity contribution in [2.75, 3.05) is 13.1 Å². The monoisotopic (exact) mass is 386 g/mol. The van der Waals surface area contributed by atoms with Gasteiger partial charge in [0.2, 0.25) is 10.0 Å². The second kappa shape index (κ2) is 7.36. The van der Waals surface area contributed by atoms with Gasteiger partial charge >= 0.3 is 0 Å². The first-order valence-electron chi connectivity index (χ1n) is 9.23. The molecule has 4 rings (SSSR count). The van der Waals surface area contributed by atoms with E-state index in [9.17, 15) is 13.2 Å². The van der Waals surface area contributed by atoms with Crippen LogP contribution in [0.25, 0.3) is 0 Å². The highest BCUT2D eigenvalue weighted by Crippen LogP contribution is 2.38. The van der Waals surface area contributed by atoms with Crippen LogP contribution in [0.15, 0.2) is 41.6 Å². The molecule has 7 nitrogen and oxygen atoms in total. The minimum atomic E-state index is -3.46. The summed E-state index contributed by atoms with van der Waals surface area (Å²) in [4.78, 5) is 21.0. The molecule has 2 heterocycles. The Balaban J connectivity index is 1.39. The average Bonchev–Trinajstić information content (AvgIpc) is 3.39. The minimum absolute atomic E-state index is 0.228. The largest absolute Gasteiger partial charge is 0.346 e. The molecule has 1 saturated heterocycles. The average molecular weight is 386 g/mol. The van der Waals surface area contributed by atoms with Gasteiger partial charge in [-0.15, -0.1) is 0 Å². The Morgan fingerprint density at radius 1 is 1.11 bits per heavy atom. The first-order valence-corrected chi connectivity index (χ1v) is 10.7. The molecule has 2 aromatic rings. The van der Waals surface area contributed by atoms with Gasteiger partial charge in [0.25, 0.3) is 5.91 Å². The molecule has 1 aliphatic carbocycles. The van der Waals surface area contributed by atoms with E-state index in [1.54, 1.807) is 12.1 Å². The molecule has 27 heavy (non-hydrogen) atoms. The maximum absolute atomic E-state index is 12.5. The second-order valence-electron chi connectivity index (χ2n) is 7.03. The number of carbonyl (C=O) groups excluding carboxylic acids is 1. The molecule has 0 radical (unpaired) electrons. The van der Waals surface area contributed by atoms with Crippen LogP contribution >= 0.6 is 0 Å². The number of nitrogens with one attached hydrogen (secondary N) is 1. The molecule has 8 heteroatoms. The van der Waals surface area contributed by atoms with Gasteiger partial charge in [-0.05, 0) is 56.0 Å². The van der Waals surface area contributed by atoms with Gasteiger partial charge in [0.1, 0.15) is 6.33 Å². The summed E-state index contributed by atoms with van der Waals surface area (Å²) >= 11 is 0. The highest BCUT2D eigenvalue weighted by atomic mass is 32.2. The highest BCUT2D eigenvalue weighted by Gasteiger charge is 2.27. The SMILES string of the molecule is O=C(NCc1cc(C2CC2)ncn1)c1ccc(S(=O)(=O)N2CCCC2)cc1. The molecule has 1 N–H and O–H groups in total. The normalized spacial score (nSPS) is 17.8. The van der Waals surface area contributed by atoms with Gasteiger partial charge in [0, 0.05) is 30.3 Å². The van der Waals surface area contributed by atoms with E-state index >= 15 is 0 Å². The van der Waals surface area contributed by atoms with Gasteiger partial charge in [0.05, 0.1) is 17.1 Å². The molecular weight excluding hydrogens is 364 g/mol. The smallest absolute Gasteiger partial charge is 0.251 e. The van der Waals surface area contributed by atoms with Crippen molar-refractivity contribution in [2.24, 2.45) is 0 Å². The van der Waals surface area contributed by atoms with Crippen LogP contribution in [0, 0.1) is 0 Å². The topological polar surface area (TPSA) is 92.3 Å². The molecule has 1 aromatic carbocycles. The zero-order valence-corrected chi connectivity index (χ0v) is 15.8. The number of rotatable bonds is 6. The Hall–Kier alpha value is -2.32. The molecule has 2 aliphatic rings. The van der Waals surface area contributed by atoms with Gasteiger partial charge in [0.15, 0.2) is 0 Å². The highest BCUT2D eigenvalue weighted by molar-refractivity contribution is 7.89. The molecule has 1 saturated carbocycles. The number of sulfonamides is 1. The summed E-state index contributed by atoms with van der Waals surface area (Å²) in [5, 5.41) is 2.83. The number of amides is 1. The van der Waals surface area contributed by atoms with Crippen LogP contribution in [0.4, 0.5) is 0 Å². The number of carbonyl (C=O) groups is 1. The zero-order chi connectivity index (χ0) is 18.9. The van der Waals surface area contributed by atoms with Crippen LogP contribution < -0.4 is 5.32 Å². The van der Waals surface area contributed by atoms with Gasteiger partial charge in [-0.1, -0.05) is 0 Å². The Morgan fingerprint density at radius 2 is 1.81 bits per heavy atom. The summed E-state index contributed by atoms with van der Waals surface area (Å²) in [6.45, 7) is 1.44. The van der Waals surface area contributed by atoms with Gasteiger partial charge < -0.3 is 5.32 Å². The summed E-state index contributed by atoms with van der Waals surface area (Å²) in [5.41, 5.74) is 2.23. The molecule has 0 unspecified atom stereocenters. The molecule has 0 atom stereocenters. The summed E-state index contributed by atoms with van der Waals surface area (Å²) in [6, 6.07) is 8.03. The predicted octanol–water partition coefficient (Wildman–Crippen LogP) is 2.07. The third-order valence-corrected chi connectivity index (χ3v) is 6.90. The van der Waals surface area contributed by atoms with E-state index in [1.807, 2.05) is 6.07 Å². The zero-order valence-electron chi connectivity index (χ0n) is 15.0. The Bertz CT molecular complexity index is 934. The maximum atomic E-state index is 12.5. The third-order valence-electron chi connectivity index (χ3n) is 4.99. The Kier molecular flexibility index (Phi) is 4.92. The van der Waals surface area contributed by atoms with Crippen molar-refractivity contribution in [3.63, 3.8) is 0 Å². The fourth-order valence-electron chi connectivity index (χ4n) is 3.24.